The Morgan fingerprint density at radius 2 is 1.73 bits per heavy atom. The lowest BCUT2D eigenvalue weighted by Gasteiger charge is -2.27. The summed E-state index contributed by atoms with van der Waals surface area (Å²) in [6.45, 7) is 3.66. The van der Waals surface area contributed by atoms with Crippen molar-refractivity contribution >= 4 is 34.7 Å². The highest BCUT2D eigenvalue weighted by molar-refractivity contribution is 6.31. The maximum Gasteiger partial charge on any atom is 0.0843 e. The van der Waals surface area contributed by atoms with Crippen LogP contribution in [0.25, 0.3) is 23.1 Å². The lowest BCUT2D eigenvalue weighted by atomic mass is 9.81. The van der Waals surface area contributed by atoms with Crippen molar-refractivity contribution in [3.63, 3.8) is 0 Å². The molecule has 0 radical (unpaired) electrons. The molecule has 0 bridgehead atoms. The van der Waals surface area contributed by atoms with E-state index in [1.807, 2.05) is 72.8 Å². The van der Waals surface area contributed by atoms with Gasteiger partial charge in [-0.05, 0) is 66.8 Å². The average Bonchev–Trinajstić information content (AvgIpc) is 2.80. The van der Waals surface area contributed by atoms with Crippen molar-refractivity contribution in [1.29, 1.82) is 0 Å². The van der Waals surface area contributed by atoms with Gasteiger partial charge in [-0.15, -0.1) is 0 Å². The molecule has 1 unspecified atom stereocenters. The normalized spacial score (nSPS) is 13.0. The predicted octanol–water partition coefficient (Wildman–Crippen LogP) is 6.80. The molecule has 4 aromatic rings. The second-order valence-corrected chi connectivity index (χ2v) is 9.22. The minimum absolute atomic E-state index is 0.0214. The lowest BCUT2D eigenvalue weighted by Crippen LogP contribution is -2.20. The van der Waals surface area contributed by atoms with E-state index in [0.717, 1.165) is 38.9 Å². The Hall–Kier alpha value is -2.98. The number of fused-ring (bicyclic) bond motifs is 1. The second-order valence-electron chi connectivity index (χ2n) is 8.79. The van der Waals surface area contributed by atoms with Gasteiger partial charge in [0, 0.05) is 22.9 Å². The Bertz CT molecular complexity index is 1290. The van der Waals surface area contributed by atoms with Gasteiger partial charge < -0.3 is 10.2 Å². The van der Waals surface area contributed by atoms with E-state index in [9.17, 15) is 10.2 Å². The third-order valence-corrected chi connectivity index (χ3v) is 6.08. The van der Waals surface area contributed by atoms with Gasteiger partial charge >= 0.3 is 0 Å². The van der Waals surface area contributed by atoms with Crippen LogP contribution in [0.1, 0.15) is 54.1 Å². The van der Waals surface area contributed by atoms with Crippen LogP contribution in [0.3, 0.4) is 0 Å². The van der Waals surface area contributed by atoms with Crippen molar-refractivity contribution in [2.45, 2.75) is 31.8 Å². The molecular formula is C29H28ClNO2. The van der Waals surface area contributed by atoms with Gasteiger partial charge in [-0.2, -0.15) is 0 Å². The Morgan fingerprint density at radius 1 is 0.939 bits per heavy atom. The Balaban J connectivity index is 1.67. The van der Waals surface area contributed by atoms with Crippen molar-refractivity contribution in [2.24, 2.45) is 0 Å². The number of nitrogens with zero attached hydrogens (tertiary/aromatic N) is 1. The summed E-state index contributed by atoms with van der Waals surface area (Å²) in [4.78, 5) is 4.69. The highest BCUT2D eigenvalue weighted by Gasteiger charge is 2.25. The van der Waals surface area contributed by atoms with E-state index < -0.39 is 5.60 Å². The van der Waals surface area contributed by atoms with Crippen LogP contribution in [0.4, 0.5) is 0 Å². The summed E-state index contributed by atoms with van der Waals surface area (Å²) in [6.07, 6.45) is 4.61. The molecule has 33 heavy (non-hydrogen) atoms. The summed E-state index contributed by atoms with van der Waals surface area (Å²) in [5, 5.41) is 22.2. The monoisotopic (exact) mass is 457 g/mol. The van der Waals surface area contributed by atoms with E-state index in [1.54, 1.807) is 13.8 Å². The Morgan fingerprint density at radius 3 is 2.52 bits per heavy atom. The Labute approximate surface area is 200 Å². The standard InChI is InChI=1S/C29H28ClNO2/c1-29(2,33)27-9-4-3-8-26(27)25(16-17-32)22-7-5-6-20(18-22)10-14-24-15-12-21-11-13-23(30)19-28(21)31-24/h3-15,18-19,25,32-33H,16-17H2,1-2H3/b14-10+. The van der Waals surface area contributed by atoms with Crippen LogP contribution in [0, 0.1) is 0 Å². The molecule has 168 valence electrons. The third kappa shape index (κ3) is 5.51. The van der Waals surface area contributed by atoms with Crippen molar-refractivity contribution in [3.05, 3.63) is 112 Å². The zero-order valence-electron chi connectivity index (χ0n) is 18.9. The van der Waals surface area contributed by atoms with E-state index in [1.165, 1.54) is 0 Å². The summed E-state index contributed by atoms with van der Waals surface area (Å²) in [6, 6.07) is 26.0. The summed E-state index contributed by atoms with van der Waals surface area (Å²) in [5.41, 5.74) is 4.81. The molecule has 3 aromatic carbocycles. The molecule has 0 fully saturated rings. The molecule has 1 atom stereocenters. The maximum absolute atomic E-state index is 10.7. The second kappa shape index (κ2) is 9.88. The first-order chi connectivity index (χ1) is 15.8. The predicted molar refractivity (Wildman–Crippen MR) is 137 cm³/mol. The number of halogens is 1. The van der Waals surface area contributed by atoms with Crippen molar-refractivity contribution in [3.8, 4) is 0 Å². The molecule has 4 rings (SSSR count). The van der Waals surface area contributed by atoms with Gasteiger partial charge in [0.2, 0.25) is 0 Å². The van der Waals surface area contributed by atoms with Crippen LogP contribution in [0.2, 0.25) is 5.02 Å². The number of rotatable bonds is 7. The van der Waals surface area contributed by atoms with Gasteiger partial charge in [-0.25, -0.2) is 4.98 Å². The van der Waals surface area contributed by atoms with Crippen LogP contribution < -0.4 is 0 Å². The highest BCUT2D eigenvalue weighted by Crippen LogP contribution is 2.35. The molecule has 2 N–H and O–H groups in total. The van der Waals surface area contributed by atoms with E-state index in [-0.39, 0.29) is 12.5 Å². The van der Waals surface area contributed by atoms with E-state index >= 15 is 0 Å². The van der Waals surface area contributed by atoms with Crippen LogP contribution in [-0.4, -0.2) is 21.8 Å². The molecule has 4 heteroatoms. The van der Waals surface area contributed by atoms with Gasteiger partial charge in [0.05, 0.1) is 16.8 Å². The molecule has 0 amide bonds. The summed E-state index contributed by atoms with van der Waals surface area (Å²) >= 11 is 6.11. The lowest BCUT2D eigenvalue weighted by molar-refractivity contribution is 0.0772. The fourth-order valence-electron chi connectivity index (χ4n) is 4.25. The first kappa shape index (κ1) is 23.2. The van der Waals surface area contributed by atoms with E-state index in [0.29, 0.717) is 11.4 Å². The number of benzene rings is 3. The summed E-state index contributed by atoms with van der Waals surface area (Å²) in [7, 11) is 0. The molecule has 1 aromatic heterocycles. The maximum atomic E-state index is 10.7. The highest BCUT2D eigenvalue weighted by atomic mass is 35.5. The smallest absolute Gasteiger partial charge is 0.0843 e. The molecular weight excluding hydrogens is 430 g/mol. The van der Waals surface area contributed by atoms with Crippen LogP contribution in [0.15, 0.2) is 78.9 Å². The number of aliphatic hydroxyl groups excluding tert-OH is 1. The van der Waals surface area contributed by atoms with Crippen molar-refractivity contribution < 1.29 is 10.2 Å². The number of hydrogen-bond donors (Lipinski definition) is 2. The average molecular weight is 458 g/mol. The van der Waals surface area contributed by atoms with Crippen LogP contribution in [0.5, 0.6) is 0 Å². The zero-order valence-corrected chi connectivity index (χ0v) is 19.6. The number of aromatic nitrogens is 1. The Kier molecular flexibility index (Phi) is 6.94. The molecule has 0 saturated heterocycles. The molecule has 0 saturated carbocycles. The first-order valence-electron chi connectivity index (χ1n) is 11.1. The van der Waals surface area contributed by atoms with Gasteiger partial charge in [0.25, 0.3) is 0 Å². The molecule has 0 spiro atoms. The molecule has 1 heterocycles. The fraction of sp³-hybridized carbons (Fsp3) is 0.207. The number of pyridine rings is 1. The quantitative estimate of drug-likeness (QED) is 0.321. The minimum Gasteiger partial charge on any atom is -0.396 e. The minimum atomic E-state index is -0.966. The molecule has 0 aliphatic rings. The topological polar surface area (TPSA) is 53.4 Å². The molecule has 0 aliphatic carbocycles. The van der Waals surface area contributed by atoms with E-state index in [4.69, 9.17) is 16.6 Å². The van der Waals surface area contributed by atoms with Gasteiger partial charge in [-0.3, -0.25) is 0 Å². The number of hydrogen-bond acceptors (Lipinski definition) is 3. The van der Waals surface area contributed by atoms with Gasteiger partial charge in [-0.1, -0.05) is 78.3 Å². The number of aliphatic hydroxyl groups is 2. The van der Waals surface area contributed by atoms with Gasteiger partial charge in [0.15, 0.2) is 0 Å². The van der Waals surface area contributed by atoms with Gasteiger partial charge in [0.1, 0.15) is 0 Å². The fourth-order valence-corrected chi connectivity index (χ4v) is 4.42. The van der Waals surface area contributed by atoms with Crippen molar-refractivity contribution in [2.75, 3.05) is 6.61 Å². The van der Waals surface area contributed by atoms with Crippen LogP contribution >= 0.6 is 11.6 Å². The summed E-state index contributed by atoms with van der Waals surface area (Å²) in [5.74, 6) is -0.0214. The van der Waals surface area contributed by atoms with E-state index in [2.05, 4.69) is 18.2 Å². The zero-order chi connectivity index (χ0) is 23.4. The van der Waals surface area contributed by atoms with Crippen molar-refractivity contribution in [1.82, 2.24) is 4.98 Å². The third-order valence-electron chi connectivity index (χ3n) is 5.85. The van der Waals surface area contributed by atoms with Crippen LogP contribution in [-0.2, 0) is 5.60 Å². The molecule has 3 nitrogen and oxygen atoms in total. The largest absolute Gasteiger partial charge is 0.396 e. The first-order valence-corrected chi connectivity index (χ1v) is 11.5. The SMILES string of the molecule is CC(C)(O)c1ccccc1C(CCO)c1cccc(/C=C/c2ccc3ccc(Cl)cc3n2)c1. The summed E-state index contributed by atoms with van der Waals surface area (Å²) < 4.78 is 0. The molecule has 0 aliphatic heterocycles.